The van der Waals surface area contributed by atoms with Crippen molar-refractivity contribution in [2.75, 3.05) is 13.1 Å². The molecule has 0 aliphatic carbocycles. The first-order chi connectivity index (χ1) is 12.4. The maximum Gasteiger partial charge on any atom is 0.245 e. The van der Waals surface area contributed by atoms with Gasteiger partial charge in [-0.3, -0.25) is 0 Å². The molecule has 0 N–H and O–H groups in total. The highest BCUT2D eigenvalue weighted by atomic mass is 35.5. The second-order valence-corrected chi connectivity index (χ2v) is 8.80. The lowest BCUT2D eigenvalue weighted by Crippen LogP contribution is -2.41. The number of halogens is 2. The Morgan fingerprint density at radius 2 is 1.92 bits per heavy atom. The fourth-order valence-corrected chi connectivity index (χ4v) is 5.42. The van der Waals surface area contributed by atoms with Crippen LogP contribution in [-0.4, -0.2) is 36.8 Å². The van der Waals surface area contributed by atoms with E-state index in [1.165, 1.54) is 16.4 Å². The monoisotopic (exact) mass is 409 g/mol. The van der Waals surface area contributed by atoms with Gasteiger partial charge in [-0.2, -0.15) is 9.57 Å². The quantitative estimate of drug-likeness (QED) is 0.705. The number of rotatable bonds is 5. The zero-order valence-corrected chi connectivity index (χ0v) is 16.2. The number of hydrogen-bond donors (Lipinski definition) is 0. The minimum atomic E-state index is -3.89. The van der Waals surface area contributed by atoms with Crippen molar-refractivity contribution in [2.24, 2.45) is 0 Å². The van der Waals surface area contributed by atoms with Crippen LogP contribution in [0.2, 0.25) is 10.0 Å². The van der Waals surface area contributed by atoms with E-state index >= 15 is 0 Å². The highest BCUT2D eigenvalue weighted by Crippen LogP contribution is 2.31. The molecular weight excluding hydrogens is 393 g/mol. The molecule has 1 saturated heterocycles. The normalized spacial score (nSPS) is 17.5. The Hall–Kier alpha value is -1.78. The van der Waals surface area contributed by atoms with Crippen molar-refractivity contribution in [3.8, 4) is 6.19 Å². The molecule has 1 unspecified atom stereocenters. The lowest BCUT2D eigenvalue weighted by Gasteiger charge is -2.28. The van der Waals surface area contributed by atoms with Crippen LogP contribution < -0.4 is 0 Å². The minimum absolute atomic E-state index is 0.0157. The first kappa shape index (κ1) is 19.0. The molecule has 0 bridgehead atoms. The van der Waals surface area contributed by atoms with Crippen molar-refractivity contribution in [2.45, 2.75) is 23.9 Å². The second-order valence-electron chi connectivity index (χ2n) is 6.10. The third kappa shape index (κ3) is 3.97. The summed E-state index contributed by atoms with van der Waals surface area (Å²) in [5.41, 5.74) is 0.865. The Morgan fingerprint density at radius 3 is 2.58 bits per heavy atom. The molecule has 2 aromatic carbocycles. The molecular formula is C18H17Cl2N3O2S. The van der Waals surface area contributed by atoms with E-state index in [4.69, 9.17) is 28.5 Å². The SMILES string of the molecule is N#CN1CCC(N(Cc2ccccc2)S(=O)(=O)c2cc(Cl)ccc2Cl)C1. The van der Waals surface area contributed by atoms with Gasteiger partial charge in [0.15, 0.2) is 6.19 Å². The number of sulfonamides is 1. The Labute approximate surface area is 163 Å². The molecule has 0 aromatic heterocycles. The second kappa shape index (κ2) is 7.85. The van der Waals surface area contributed by atoms with E-state index in [1.807, 2.05) is 30.3 Å². The van der Waals surface area contributed by atoms with Crippen LogP contribution in [0.3, 0.4) is 0 Å². The van der Waals surface area contributed by atoms with Crippen LogP contribution >= 0.6 is 23.2 Å². The van der Waals surface area contributed by atoms with Crippen LogP contribution in [0.1, 0.15) is 12.0 Å². The number of likely N-dealkylation sites (tertiary alicyclic amines) is 1. The molecule has 0 amide bonds. The first-order valence-electron chi connectivity index (χ1n) is 8.07. The highest BCUT2D eigenvalue weighted by molar-refractivity contribution is 7.89. The summed E-state index contributed by atoms with van der Waals surface area (Å²) < 4.78 is 28.2. The van der Waals surface area contributed by atoms with Gasteiger partial charge in [-0.15, -0.1) is 0 Å². The molecule has 1 aliphatic rings. The first-order valence-corrected chi connectivity index (χ1v) is 10.3. The van der Waals surface area contributed by atoms with Crippen LogP contribution in [0.25, 0.3) is 0 Å². The van der Waals surface area contributed by atoms with Crippen molar-refractivity contribution in [1.29, 1.82) is 5.26 Å². The molecule has 5 nitrogen and oxygen atoms in total. The van der Waals surface area contributed by atoms with Gasteiger partial charge in [-0.1, -0.05) is 53.5 Å². The fourth-order valence-electron chi connectivity index (χ4n) is 3.04. The zero-order chi connectivity index (χ0) is 18.7. The number of hydrogen-bond acceptors (Lipinski definition) is 4. The average Bonchev–Trinajstić information content (AvgIpc) is 3.11. The molecule has 1 heterocycles. The fraction of sp³-hybridized carbons (Fsp3) is 0.278. The van der Waals surface area contributed by atoms with Crippen molar-refractivity contribution < 1.29 is 8.42 Å². The number of nitriles is 1. The minimum Gasteiger partial charge on any atom is -0.309 e. The summed E-state index contributed by atoms with van der Waals surface area (Å²) in [4.78, 5) is 1.55. The van der Waals surface area contributed by atoms with E-state index in [-0.39, 0.29) is 22.5 Å². The van der Waals surface area contributed by atoms with Crippen LogP contribution in [0, 0.1) is 11.5 Å². The van der Waals surface area contributed by atoms with Gasteiger partial charge in [0.2, 0.25) is 10.0 Å². The van der Waals surface area contributed by atoms with Gasteiger partial charge >= 0.3 is 0 Å². The van der Waals surface area contributed by atoms with Crippen LogP contribution in [0.5, 0.6) is 0 Å². The third-order valence-electron chi connectivity index (χ3n) is 4.37. The largest absolute Gasteiger partial charge is 0.309 e. The van der Waals surface area contributed by atoms with E-state index in [0.717, 1.165) is 5.56 Å². The molecule has 1 fully saturated rings. The zero-order valence-electron chi connectivity index (χ0n) is 13.8. The van der Waals surface area contributed by atoms with Gasteiger partial charge in [0.05, 0.1) is 5.02 Å². The van der Waals surface area contributed by atoms with Gasteiger partial charge in [0.25, 0.3) is 0 Å². The van der Waals surface area contributed by atoms with Gasteiger partial charge in [0, 0.05) is 30.7 Å². The average molecular weight is 410 g/mol. The summed E-state index contributed by atoms with van der Waals surface area (Å²) in [6.45, 7) is 1.10. The molecule has 1 atom stereocenters. The standard InChI is InChI=1S/C18H17Cl2N3O2S/c19-15-6-7-17(20)18(10-15)26(24,25)23(11-14-4-2-1-3-5-14)16-8-9-22(12-16)13-21/h1-7,10,16H,8-9,11-12H2. The summed E-state index contributed by atoms with van der Waals surface area (Å²) >= 11 is 12.2. The Balaban J connectivity index is 2.02. The number of benzene rings is 2. The Morgan fingerprint density at radius 1 is 1.19 bits per heavy atom. The van der Waals surface area contributed by atoms with Crippen molar-refractivity contribution in [3.05, 3.63) is 64.1 Å². The molecule has 1 aliphatic heterocycles. The van der Waals surface area contributed by atoms with Crippen LogP contribution in [0.15, 0.2) is 53.4 Å². The molecule has 26 heavy (non-hydrogen) atoms. The maximum atomic E-state index is 13.4. The van der Waals surface area contributed by atoms with Crippen molar-refractivity contribution in [1.82, 2.24) is 9.21 Å². The lowest BCUT2D eigenvalue weighted by molar-refractivity contribution is 0.314. The van der Waals surface area contributed by atoms with E-state index in [1.54, 1.807) is 11.0 Å². The Bertz CT molecular complexity index is 929. The van der Waals surface area contributed by atoms with E-state index in [9.17, 15) is 8.42 Å². The molecule has 136 valence electrons. The predicted octanol–water partition coefficient (Wildman–Crippen LogP) is 3.74. The molecule has 8 heteroatoms. The summed E-state index contributed by atoms with van der Waals surface area (Å²) in [5.74, 6) is 0. The van der Waals surface area contributed by atoms with Crippen LogP contribution in [-0.2, 0) is 16.6 Å². The number of nitrogens with zero attached hydrogens (tertiary/aromatic N) is 3. The summed E-state index contributed by atoms with van der Waals surface area (Å²) in [6.07, 6.45) is 2.67. The predicted molar refractivity (Wildman–Crippen MR) is 101 cm³/mol. The topological polar surface area (TPSA) is 64.4 Å². The van der Waals surface area contributed by atoms with Crippen molar-refractivity contribution >= 4 is 33.2 Å². The van der Waals surface area contributed by atoms with Crippen LogP contribution in [0.4, 0.5) is 0 Å². The molecule has 3 rings (SSSR count). The lowest BCUT2D eigenvalue weighted by atomic mass is 10.2. The maximum absolute atomic E-state index is 13.4. The molecule has 2 aromatic rings. The van der Waals surface area contributed by atoms with Gasteiger partial charge in [-0.05, 0) is 30.2 Å². The van der Waals surface area contributed by atoms with E-state index in [2.05, 4.69) is 6.19 Å². The van der Waals surface area contributed by atoms with E-state index < -0.39 is 10.0 Å². The highest BCUT2D eigenvalue weighted by Gasteiger charge is 2.37. The molecule has 0 radical (unpaired) electrons. The van der Waals surface area contributed by atoms with E-state index in [0.29, 0.717) is 24.5 Å². The summed E-state index contributed by atoms with van der Waals surface area (Å²) in [7, 11) is -3.89. The molecule has 0 spiro atoms. The molecule has 0 saturated carbocycles. The summed E-state index contributed by atoms with van der Waals surface area (Å²) in [5, 5.41) is 9.56. The summed E-state index contributed by atoms with van der Waals surface area (Å²) in [6, 6.07) is 13.4. The van der Waals surface area contributed by atoms with Gasteiger partial charge in [-0.25, -0.2) is 8.42 Å². The van der Waals surface area contributed by atoms with Gasteiger partial charge in [0.1, 0.15) is 4.90 Å². The van der Waals surface area contributed by atoms with Gasteiger partial charge < -0.3 is 4.90 Å². The smallest absolute Gasteiger partial charge is 0.245 e. The van der Waals surface area contributed by atoms with Crippen molar-refractivity contribution in [3.63, 3.8) is 0 Å². The Kier molecular flexibility index (Phi) is 5.73. The third-order valence-corrected chi connectivity index (χ3v) is 6.99.